The van der Waals surface area contributed by atoms with Crippen molar-refractivity contribution in [2.45, 2.75) is 25.7 Å². The van der Waals surface area contributed by atoms with E-state index < -0.39 is 0 Å². The second-order valence-corrected chi connectivity index (χ2v) is 6.44. The van der Waals surface area contributed by atoms with E-state index in [1.165, 1.54) is 27.7 Å². The predicted molar refractivity (Wildman–Crippen MR) is 98.8 cm³/mol. The summed E-state index contributed by atoms with van der Waals surface area (Å²) in [5.41, 5.74) is 5.68. The molecule has 0 amide bonds. The average Bonchev–Trinajstić information content (AvgIpc) is 2.82. The van der Waals surface area contributed by atoms with Crippen molar-refractivity contribution in [2.75, 3.05) is 19.7 Å². The van der Waals surface area contributed by atoms with Crippen molar-refractivity contribution in [3.8, 4) is 5.75 Å². The highest BCUT2D eigenvalue weighted by Crippen LogP contribution is 2.28. The van der Waals surface area contributed by atoms with E-state index in [1.807, 2.05) is 30.3 Å². The van der Waals surface area contributed by atoms with Gasteiger partial charge in [-0.1, -0.05) is 30.3 Å². The number of H-pyrrole nitrogens is 1. The van der Waals surface area contributed by atoms with Gasteiger partial charge in [-0.15, -0.1) is 0 Å². The van der Waals surface area contributed by atoms with Crippen LogP contribution in [0.25, 0.3) is 10.9 Å². The van der Waals surface area contributed by atoms with E-state index in [0.29, 0.717) is 0 Å². The minimum Gasteiger partial charge on any atom is -0.494 e. The lowest BCUT2D eigenvalue weighted by Gasteiger charge is -2.08. The highest BCUT2D eigenvalue weighted by Gasteiger charge is 2.16. The second-order valence-electron chi connectivity index (χ2n) is 6.44. The molecule has 3 heteroatoms. The maximum Gasteiger partial charge on any atom is 0.119 e. The second kappa shape index (κ2) is 7.10. The summed E-state index contributed by atoms with van der Waals surface area (Å²) in [7, 11) is 0. The molecule has 4 rings (SSSR count). The van der Waals surface area contributed by atoms with E-state index in [0.717, 1.165) is 51.1 Å². The molecule has 0 atom stereocenters. The van der Waals surface area contributed by atoms with Crippen LogP contribution in [0.5, 0.6) is 5.75 Å². The SMILES string of the molecule is c1ccc(OCCCc2cccc3[nH]c4c(c23)CCNCC4)cc1. The molecule has 1 aromatic heterocycles. The molecule has 0 unspecified atom stereocenters. The summed E-state index contributed by atoms with van der Waals surface area (Å²) in [6, 6.07) is 16.7. The van der Waals surface area contributed by atoms with Crippen LogP contribution in [0.3, 0.4) is 0 Å². The highest BCUT2D eigenvalue weighted by atomic mass is 16.5. The topological polar surface area (TPSA) is 37.0 Å². The zero-order valence-electron chi connectivity index (χ0n) is 14.0. The highest BCUT2D eigenvalue weighted by molar-refractivity contribution is 5.88. The van der Waals surface area contributed by atoms with Crippen LogP contribution in [0.4, 0.5) is 0 Å². The number of aromatic amines is 1. The van der Waals surface area contributed by atoms with Crippen molar-refractivity contribution < 1.29 is 4.74 Å². The Morgan fingerprint density at radius 1 is 0.917 bits per heavy atom. The maximum absolute atomic E-state index is 5.84. The van der Waals surface area contributed by atoms with Gasteiger partial charge < -0.3 is 15.0 Å². The molecule has 2 aromatic carbocycles. The van der Waals surface area contributed by atoms with Crippen molar-refractivity contribution in [3.63, 3.8) is 0 Å². The Kier molecular flexibility index (Phi) is 4.52. The number of benzene rings is 2. The van der Waals surface area contributed by atoms with Crippen LogP contribution in [0.1, 0.15) is 23.2 Å². The lowest BCUT2D eigenvalue weighted by molar-refractivity contribution is 0.311. The molecule has 0 fully saturated rings. The molecule has 0 saturated heterocycles. The first-order chi connectivity index (χ1) is 11.9. The quantitative estimate of drug-likeness (QED) is 0.700. The standard InChI is InChI=1S/C21H24N2O/c1-2-8-17(9-3-1)24-15-5-7-16-6-4-10-20-21(16)18-11-13-22-14-12-19(18)23-20/h1-4,6,8-10,22-23H,5,7,11-15H2. The van der Waals surface area contributed by atoms with E-state index in [-0.39, 0.29) is 0 Å². The Morgan fingerprint density at radius 2 is 1.79 bits per heavy atom. The third-order valence-electron chi connectivity index (χ3n) is 4.81. The number of para-hydroxylation sites is 1. The summed E-state index contributed by atoms with van der Waals surface area (Å²) < 4.78 is 5.84. The molecule has 3 aromatic rings. The average molecular weight is 320 g/mol. The minimum atomic E-state index is 0.759. The molecule has 2 N–H and O–H groups in total. The first-order valence-corrected chi connectivity index (χ1v) is 8.92. The molecule has 1 aliphatic rings. The molecule has 0 bridgehead atoms. The number of hydrogen-bond acceptors (Lipinski definition) is 2. The predicted octanol–water partition coefficient (Wildman–Crippen LogP) is 3.87. The van der Waals surface area contributed by atoms with E-state index >= 15 is 0 Å². The number of aryl methyl sites for hydroxylation is 1. The molecule has 24 heavy (non-hydrogen) atoms. The van der Waals surface area contributed by atoms with Crippen LogP contribution in [0.2, 0.25) is 0 Å². The van der Waals surface area contributed by atoms with Gasteiger partial charge in [0.2, 0.25) is 0 Å². The van der Waals surface area contributed by atoms with Gasteiger partial charge in [0.25, 0.3) is 0 Å². The zero-order chi connectivity index (χ0) is 16.2. The Hall–Kier alpha value is -2.26. The van der Waals surface area contributed by atoms with E-state index in [2.05, 4.69) is 28.5 Å². The molecule has 0 saturated carbocycles. The Bertz CT molecular complexity index is 807. The van der Waals surface area contributed by atoms with Gasteiger partial charge in [-0.05, 0) is 55.1 Å². The fraction of sp³-hybridized carbons (Fsp3) is 0.333. The largest absolute Gasteiger partial charge is 0.494 e. The normalized spacial score (nSPS) is 14.3. The Balaban J connectivity index is 1.48. The van der Waals surface area contributed by atoms with Gasteiger partial charge in [0.1, 0.15) is 5.75 Å². The van der Waals surface area contributed by atoms with E-state index in [1.54, 1.807) is 0 Å². The fourth-order valence-electron chi connectivity index (χ4n) is 3.67. The molecule has 124 valence electrons. The number of ether oxygens (including phenoxy) is 1. The van der Waals surface area contributed by atoms with Gasteiger partial charge in [0.05, 0.1) is 6.61 Å². The number of fused-ring (bicyclic) bond motifs is 3. The summed E-state index contributed by atoms with van der Waals surface area (Å²) in [5.74, 6) is 0.956. The minimum absolute atomic E-state index is 0.759. The van der Waals surface area contributed by atoms with Gasteiger partial charge in [-0.3, -0.25) is 0 Å². The summed E-state index contributed by atoms with van der Waals surface area (Å²) >= 11 is 0. The van der Waals surface area contributed by atoms with Crippen LogP contribution in [-0.4, -0.2) is 24.7 Å². The molecular formula is C21H24N2O. The van der Waals surface area contributed by atoms with Gasteiger partial charge in [-0.2, -0.15) is 0 Å². The lowest BCUT2D eigenvalue weighted by atomic mass is 9.99. The summed E-state index contributed by atoms with van der Waals surface area (Å²) in [4.78, 5) is 3.64. The van der Waals surface area contributed by atoms with Crippen LogP contribution < -0.4 is 10.1 Å². The van der Waals surface area contributed by atoms with Gasteiger partial charge in [0.15, 0.2) is 0 Å². The van der Waals surface area contributed by atoms with E-state index in [4.69, 9.17) is 4.74 Å². The molecule has 0 aliphatic carbocycles. The molecule has 0 radical (unpaired) electrons. The van der Waals surface area contributed by atoms with Gasteiger partial charge in [-0.25, -0.2) is 0 Å². The zero-order valence-corrected chi connectivity index (χ0v) is 14.0. The van der Waals surface area contributed by atoms with Crippen LogP contribution in [-0.2, 0) is 19.3 Å². The van der Waals surface area contributed by atoms with Gasteiger partial charge in [0, 0.05) is 29.6 Å². The van der Waals surface area contributed by atoms with Crippen LogP contribution in [0, 0.1) is 0 Å². The molecule has 1 aliphatic heterocycles. The van der Waals surface area contributed by atoms with Crippen LogP contribution >= 0.6 is 0 Å². The van der Waals surface area contributed by atoms with E-state index in [9.17, 15) is 0 Å². The third kappa shape index (κ3) is 3.17. The molecule has 0 spiro atoms. The number of hydrogen-bond donors (Lipinski definition) is 2. The fourth-order valence-corrected chi connectivity index (χ4v) is 3.67. The first kappa shape index (κ1) is 15.3. The van der Waals surface area contributed by atoms with Crippen LogP contribution in [0.15, 0.2) is 48.5 Å². The van der Waals surface area contributed by atoms with Crippen molar-refractivity contribution >= 4 is 10.9 Å². The number of rotatable bonds is 5. The smallest absolute Gasteiger partial charge is 0.119 e. The summed E-state index contributed by atoms with van der Waals surface area (Å²) in [6.45, 7) is 2.90. The summed E-state index contributed by atoms with van der Waals surface area (Å²) in [6.07, 6.45) is 4.31. The number of aromatic nitrogens is 1. The maximum atomic E-state index is 5.84. The monoisotopic (exact) mass is 320 g/mol. The van der Waals surface area contributed by atoms with Crippen molar-refractivity contribution in [1.82, 2.24) is 10.3 Å². The van der Waals surface area contributed by atoms with Gasteiger partial charge >= 0.3 is 0 Å². The molecule has 2 heterocycles. The lowest BCUT2D eigenvalue weighted by Crippen LogP contribution is -2.16. The Morgan fingerprint density at radius 3 is 2.71 bits per heavy atom. The Labute approximate surface area is 143 Å². The third-order valence-corrected chi connectivity index (χ3v) is 4.81. The van der Waals surface area contributed by atoms with Crippen molar-refractivity contribution in [2.24, 2.45) is 0 Å². The summed E-state index contributed by atoms with van der Waals surface area (Å²) in [5, 5.41) is 4.95. The number of nitrogens with one attached hydrogen (secondary N) is 2. The van der Waals surface area contributed by atoms with Crippen molar-refractivity contribution in [1.29, 1.82) is 0 Å². The molecular weight excluding hydrogens is 296 g/mol. The first-order valence-electron chi connectivity index (χ1n) is 8.92. The van der Waals surface area contributed by atoms with Crippen molar-refractivity contribution in [3.05, 3.63) is 65.4 Å². The molecule has 3 nitrogen and oxygen atoms in total.